The Morgan fingerprint density at radius 2 is 1.85 bits per heavy atom. The largest absolute Gasteiger partial charge is 0.489 e. The van der Waals surface area contributed by atoms with E-state index < -0.39 is 23.1 Å². The molecule has 12 nitrogen and oxygen atoms in total. The van der Waals surface area contributed by atoms with Gasteiger partial charge in [-0.3, -0.25) is 9.89 Å². The lowest BCUT2D eigenvalue weighted by atomic mass is 9.86. The first-order valence-electron chi connectivity index (χ1n) is 13.4. The Bertz CT molecular complexity index is 1510. The number of H-pyrrole nitrogens is 1. The first-order valence-corrected chi connectivity index (χ1v) is 13.4. The van der Waals surface area contributed by atoms with Crippen molar-refractivity contribution in [3.05, 3.63) is 72.7 Å². The maximum Gasteiger partial charge on any atom is 0.408 e. The molecule has 2 amide bonds. The van der Waals surface area contributed by atoms with Gasteiger partial charge in [0.15, 0.2) is 5.65 Å². The zero-order chi connectivity index (χ0) is 29.0. The van der Waals surface area contributed by atoms with E-state index in [0.29, 0.717) is 42.6 Å². The molecule has 0 radical (unpaired) electrons. The number of piperidine rings is 1. The number of aromatic amines is 1. The molecule has 1 fully saturated rings. The van der Waals surface area contributed by atoms with Gasteiger partial charge in [0.25, 0.3) is 5.91 Å². The Hall–Kier alpha value is -4.71. The fraction of sp³-hybridized carbons (Fsp3) is 0.345. The third-order valence-electron chi connectivity index (χ3n) is 6.86. The SMILES string of the molecule is CC(C)(C)OC(=O)NC1(C(=O)N(N)c2cccc(OCc3ccccc3)c2)CCN(c2ncnc3[nH]ncc23)CC1. The molecule has 5 rings (SSSR count). The highest BCUT2D eigenvalue weighted by Crippen LogP contribution is 2.32. The van der Waals surface area contributed by atoms with Gasteiger partial charge in [-0.15, -0.1) is 0 Å². The number of amides is 2. The summed E-state index contributed by atoms with van der Waals surface area (Å²) in [6.45, 7) is 6.52. The van der Waals surface area contributed by atoms with Crippen LogP contribution < -0.4 is 25.8 Å². The summed E-state index contributed by atoms with van der Waals surface area (Å²) in [7, 11) is 0. The van der Waals surface area contributed by atoms with E-state index in [1.54, 1.807) is 51.2 Å². The minimum absolute atomic E-state index is 0.270. The monoisotopic (exact) mass is 558 g/mol. The molecule has 0 spiro atoms. The van der Waals surface area contributed by atoms with Crippen LogP contribution in [-0.4, -0.2) is 56.4 Å². The molecule has 214 valence electrons. The predicted molar refractivity (Wildman–Crippen MR) is 154 cm³/mol. The molecule has 0 unspecified atom stereocenters. The van der Waals surface area contributed by atoms with Crippen LogP contribution in [-0.2, 0) is 16.1 Å². The van der Waals surface area contributed by atoms with Crippen LogP contribution in [0.2, 0.25) is 0 Å². The highest BCUT2D eigenvalue weighted by Gasteiger charge is 2.46. The standard InChI is InChI=1S/C29H34N8O4/c1-28(2,3)41-27(39)34-29(12-14-36(15-13-29)25-23-17-33-35-24(23)31-19-32-25)26(38)37(30)21-10-7-11-22(16-21)40-18-20-8-5-4-6-9-20/h4-11,16-17,19H,12-15,18,30H2,1-3H3,(H,34,39)(H,31,32,33,35). The number of nitrogens with one attached hydrogen (secondary N) is 2. The number of hydrogen-bond acceptors (Lipinski definition) is 9. The number of aromatic nitrogens is 4. The van der Waals surface area contributed by atoms with Crippen LogP contribution in [0.15, 0.2) is 67.1 Å². The van der Waals surface area contributed by atoms with Crippen LogP contribution in [0.3, 0.4) is 0 Å². The Morgan fingerprint density at radius 3 is 2.59 bits per heavy atom. The summed E-state index contributed by atoms with van der Waals surface area (Å²) >= 11 is 0. The maximum absolute atomic E-state index is 14.1. The van der Waals surface area contributed by atoms with Crippen molar-refractivity contribution < 1.29 is 19.1 Å². The van der Waals surface area contributed by atoms with Crippen molar-refractivity contribution in [2.24, 2.45) is 5.84 Å². The van der Waals surface area contributed by atoms with E-state index in [9.17, 15) is 9.59 Å². The van der Waals surface area contributed by atoms with Gasteiger partial charge in [-0.2, -0.15) is 5.10 Å². The van der Waals surface area contributed by atoms with Crippen molar-refractivity contribution in [1.29, 1.82) is 0 Å². The maximum atomic E-state index is 14.1. The van der Waals surface area contributed by atoms with E-state index in [1.807, 2.05) is 35.2 Å². The van der Waals surface area contributed by atoms with E-state index in [1.165, 1.54) is 6.33 Å². The summed E-state index contributed by atoms with van der Waals surface area (Å²) in [5.74, 6) is 7.24. The highest BCUT2D eigenvalue weighted by atomic mass is 16.6. The number of fused-ring (bicyclic) bond motifs is 1. The summed E-state index contributed by atoms with van der Waals surface area (Å²) in [6, 6.07) is 16.8. The quantitative estimate of drug-likeness (QED) is 0.175. The molecule has 3 heterocycles. The lowest BCUT2D eigenvalue weighted by Gasteiger charge is -2.43. The van der Waals surface area contributed by atoms with Crippen molar-refractivity contribution in [2.75, 3.05) is 23.0 Å². The number of anilines is 2. The highest BCUT2D eigenvalue weighted by molar-refractivity contribution is 6.01. The molecule has 4 aromatic rings. The van der Waals surface area contributed by atoms with Gasteiger partial charge in [-0.05, 0) is 51.3 Å². The molecule has 0 bridgehead atoms. The lowest BCUT2D eigenvalue weighted by molar-refractivity contribution is -0.126. The molecule has 1 aliphatic heterocycles. The van der Waals surface area contributed by atoms with Crippen LogP contribution in [0.25, 0.3) is 11.0 Å². The normalized spacial score (nSPS) is 14.9. The first-order chi connectivity index (χ1) is 19.6. The number of hydrogen-bond donors (Lipinski definition) is 3. The van der Waals surface area contributed by atoms with Crippen molar-refractivity contribution >= 4 is 34.5 Å². The van der Waals surface area contributed by atoms with E-state index in [4.69, 9.17) is 15.3 Å². The zero-order valence-corrected chi connectivity index (χ0v) is 23.3. The van der Waals surface area contributed by atoms with E-state index >= 15 is 0 Å². The zero-order valence-electron chi connectivity index (χ0n) is 23.3. The Kier molecular flexibility index (Phi) is 7.75. The second-order valence-corrected chi connectivity index (χ2v) is 11.0. The minimum Gasteiger partial charge on any atom is -0.489 e. The van der Waals surface area contributed by atoms with E-state index in [2.05, 4.69) is 25.5 Å². The van der Waals surface area contributed by atoms with Crippen molar-refractivity contribution in [1.82, 2.24) is 25.5 Å². The molecule has 0 atom stereocenters. The molecule has 1 saturated heterocycles. The summed E-state index contributed by atoms with van der Waals surface area (Å²) in [4.78, 5) is 37.7. The molecule has 4 N–H and O–H groups in total. The fourth-order valence-corrected chi connectivity index (χ4v) is 4.81. The predicted octanol–water partition coefficient (Wildman–Crippen LogP) is 3.70. The third kappa shape index (κ3) is 6.38. The molecular formula is C29H34N8O4. The van der Waals surface area contributed by atoms with Crippen LogP contribution >= 0.6 is 0 Å². The molecule has 0 saturated carbocycles. The van der Waals surface area contributed by atoms with Crippen molar-refractivity contribution in [3.8, 4) is 5.75 Å². The summed E-state index contributed by atoms with van der Waals surface area (Å²) in [6.07, 6.45) is 2.99. The summed E-state index contributed by atoms with van der Waals surface area (Å²) < 4.78 is 11.5. The van der Waals surface area contributed by atoms with Gasteiger partial charge in [0.1, 0.15) is 35.6 Å². The first kappa shape index (κ1) is 27.8. The van der Waals surface area contributed by atoms with Crippen LogP contribution in [0.1, 0.15) is 39.2 Å². The Morgan fingerprint density at radius 1 is 1.10 bits per heavy atom. The number of alkyl carbamates (subject to hydrolysis) is 1. The summed E-state index contributed by atoms with van der Waals surface area (Å²) in [5, 5.41) is 11.6. The number of ether oxygens (including phenoxy) is 2. The second-order valence-electron chi connectivity index (χ2n) is 11.0. The smallest absolute Gasteiger partial charge is 0.408 e. The second kappa shape index (κ2) is 11.4. The molecule has 2 aromatic carbocycles. The lowest BCUT2D eigenvalue weighted by Crippen LogP contribution is -2.65. The van der Waals surface area contributed by atoms with Gasteiger partial charge in [-0.1, -0.05) is 36.4 Å². The van der Waals surface area contributed by atoms with Gasteiger partial charge in [0.05, 0.1) is 17.3 Å². The summed E-state index contributed by atoms with van der Waals surface area (Å²) in [5.41, 5.74) is 0.0241. The van der Waals surface area contributed by atoms with Gasteiger partial charge < -0.3 is 19.7 Å². The molecule has 12 heteroatoms. The van der Waals surface area contributed by atoms with Crippen molar-refractivity contribution in [3.63, 3.8) is 0 Å². The number of carbonyl (C=O) groups is 2. The molecular weight excluding hydrogens is 524 g/mol. The number of carbonyl (C=O) groups excluding carboxylic acids is 2. The van der Waals surface area contributed by atoms with Crippen LogP contribution in [0.4, 0.5) is 16.3 Å². The van der Waals surface area contributed by atoms with Gasteiger partial charge in [0.2, 0.25) is 0 Å². The number of benzene rings is 2. The van der Waals surface area contributed by atoms with Gasteiger partial charge in [0, 0.05) is 19.2 Å². The third-order valence-corrected chi connectivity index (χ3v) is 6.86. The molecule has 2 aromatic heterocycles. The average molecular weight is 559 g/mol. The van der Waals surface area contributed by atoms with Crippen LogP contribution in [0, 0.1) is 0 Å². The van der Waals surface area contributed by atoms with Gasteiger partial charge in [-0.25, -0.2) is 25.6 Å². The fourth-order valence-electron chi connectivity index (χ4n) is 4.81. The molecule has 41 heavy (non-hydrogen) atoms. The Labute approximate surface area is 237 Å². The topological polar surface area (TPSA) is 152 Å². The average Bonchev–Trinajstić information content (AvgIpc) is 3.45. The van der Waals surface area contributed by atoms with Gasteiger partial charge >= 0.3 is 6.09 Å². The number of nitrogens with two attached hydrogens (primary N) is 1. The van der Waals surface area contributed by atoms with E-state index in [-0.39, 0.29) is 12.8 Å². The number of nitrogens with zero attached hydrogens (tertiary/aromatic N) is 5. The molecule has 1 aliphatic rings. The van der Waals surface area contributed by atoms with Crippen LogP contribution in [0.5, 0.6) is 5.75 Å². The minimum atomic E-state index is -1.31. The number of hydrazine groups is 1. The molecule has 0 aliphatic carbocycles. The Balaban J connectivity index is 1.36. The van der Waals surface area contributed by atoms with Crippen molar-refractivity contribution in [2.45, 2.75) is 51.4 Å². The van der Waals surface area contributed by atoms with E-state index in [0.717, 1.165) is 16.0 Å². The number of rotatable bonds is 7.